The number of rotatable bonds is 4. The van der Waals surface area contributed by atoms with Gasteiger partial charge in [0.1, 0.15) is 0 Å². The van der Waals surface area contributed by atoms with Crippen molar-refractivity contribution in [1.29, 1.82) is 0 Å². The molecule has 0 unspecified atom stereocenters. The summed E-state index contributed by atoms with van der Waals surface area (Å²) < 4.78 is 5.85. The minimum absolute atomic E-state index is 0.261. The summed E-state index contributed by atoms with van der Waals surface area (Å²) in [6.07, 6.45) is 6.60. The zero-order valence-electron chi connectivity index (χ0n) is 7.86. The van der Waals surface area contributed by atoms with Gasteiger partial charge in [0, 0.05) is 16.8 Å². The van der Waals surface area contributed by atoms with Gasteiger partial charge in [0.05, 0.1) is 5.60 Å². The molecule has 0 aromatic carbocycles. The van der Waals surface area contributed by atoms with Crippen LogP contribution in [0.25, 0.3) is 0 Å². The van der Waals surface area contributed by atoms with Gasteiger partial charge in [-0.25, -0.2) is 0 Å². The zero-order valence-corrected chi connectivity index (χ0v) is 9.86. The highest BCUT2D eigenvalue weighted by molar-refractivity contribution is 6.08. The van der Waals surface area contributed by atoms with Crippen LogP contribution in [0.1, 0.15) is 39.0 Å². The lowest BCUT2D eigenvalue weighted by Gasteiger charge is -2.23. The van der Waals surface area contributed by atoms with Crippen LogP contribution in [0.15, 0.2) is 0 Å². The van der Waals surface area contributed by atoms with Crippen LogP contribution in [0, 0.1) is 0 Å². The molecular weight excluding hydrogens is 152 g/mol. The first-order chi connectivity index (χ1) is 5.27. The average molecular weight is 172 g/mol. The number of hydrogen-bond donors (Lipinski definition) is 0. The van der Waals surface area contributed by atoms with Crippen molar-refractivity contribution < 1.29 is 4.74 Å². The number of ether oxygens (including phenoxy) is 1. The molecule has 11 heavy (non-hydrogen) atoms. The van der Waals surface area contributed by atoms with Gasteiger partial charge in [0.25, 0.3) is 0 Å². The van der Waals surface area contributed by atoms with E-state index >= 15 is 0 Å². The zero-order chi connectivity index (χ0) is 8.16. The van der Waals surface area contributed by atoms with Gasteiger partial charge >= 0.3 is 0 Å². The molecule has 66 valence electrons. The average Bonchev–Trinajstić information content (AvgIpc) is 2.38. The highest BCUT2D eigenvalue weighted by atomic mass is 28.1. The van der Waals surface area contributed by atoms with Gasteiger partial charge in [0.2, 0.25) is 0 Å². The van der Waals surface area contributed by atoms with E-state index in [1.165, 1.54) is 48.4 Å². The third-order valence-electron chi connectivity index (χ3n) is 2.61. The summed E-state index contributed by atoms with van der Waals surface area (Å²) in [6, 6.07) is 1.38. The molecular formula is C9H20OSi. The highest BCUT2D eigenvalue weighted by Crippen LogP contribution is 2.32. The predicted octanol–water partition coefficient (Wildman–Crippen LogP) is 1.51. The lowest BCUT2D eigenvalue weighted by Crippen LogP contribution is -2.24. The highest BCUT2D eigenvalue weighted by Gasteiger charge is 2.28. The Kier molecular flexibility index (Phi) is 3.59. The molecule has 0 aliphatic heterocycles. The fraction of sp³-hybridized carbons (Fsp3) is 1.00. The summed E-state index contributed by atoms with van der Waals surface area (Å²) in [5, 5.41) is 0. The molecule has 0 saturated heterocycles. The minimum Gasteiger partial charge on any atom is -0.375 e. The maximum absolute atomic E-state index is 5.85. The Morgan fingerprint density at radius 3 is 2.55 bits per heavy atom. The van der Waals surface area contributed by atoms with Gasteiger partial charge in [-0.1, -0.05) is 18.9 Å². The molecule has 1 saturated carbocycles. The van der Waals surface area contributed by atoms with Crippen LogP contribution < -0.4 is 0 Å². The molecule has 1 aliphatic carbocycles. The van der Waals surface area contributed by atoms with E-state index in [4.69, 9.17) is 4.74 Å². The molecule has 0 N–H and O–H groups in total. The first-order valence-electron chi connectivity index (χ1n) is 4.91. The largest absolute Gasteiger partial charge is 0.375 e. The molecule has 0 amide bonds. The normalized spacial score (nSPS) is 22.6. The molecule has 1 nitrogen and oxygen atoms in total. The van der Waals surface area contributed by atoms with Gasteiger partial charge in [-0.3, -0.25) is 0 Å². The number of hydrogen-bond acceptors (Lipinski definition) is 1. The van der Waals surface area contributed by atoms with Crippen molar-refractivity contribution in [2.24, 2.45) is 0 Å². The van der Waals surface area contributed by atoms with Crippen LogP contribution in [-0.2, 0) is 4.74 Å². The summed E-state index contributed by atoms with van der Waals surface area (Å²) in [6.45, 7) is 3.27. The Hall–Kier alpha value is 0.177. The Morgan fingerprint density at radius 1 is 1.36 bits per heavy atom. The molecule has 0 spiro atoms. The SMILES string of the molecule is CC1(OCCC[SiH3])CCCC1. The molecule has 0 atom stereocenters. The smallest absolute Gasteiger partial charge is 0.0654 e. The van der Waals surface area contributed by atoms with Crippen LogP contribution in [0.3, 0.4) is 0 Å². The van der Waals surface area contributed by atoms with Crippen LogP contribution in [0.5, 0.6) is 0 Å². The van der Waals surface area contributed by atoms with Crippen molar-refractivity contribution >= 4 is 10.2 Å². The van der Waals surface area contributed by atoms with Gasteiger partial charge in [-0.05, 0) is 26.2 Å². The fourth-order valence-corrected chi connectivity index (χ4v) is 2.02. The van der Waals surface area contributed by atoms with Gasteiger partial charge < -0.3 is 4.74 Å². The van der Waals surface area contributed by atoms with Crippen molar-refractivity contribution in [2.75, 3.05) is 6.61 Å². The van der Waals surface area contributed by atoms with Crippen molar-refractivity contribution in [2.45, 2.75) is 50.7 Å². The summed E-state index contributed by atoms with van der Waals surface area (Å²) >= 11 is 0. The lowest BCUT2D eigenvalue weighted by molar-refractivity contribution is -0.0256. The lowest BCUT2D eigenvalue weighted by atomic mass is 10.1. The van der Waals surface area contributed by atoms with E-state index in [1.54, 1.807) is 0 Å². The molecule has 2 heteroatoms. The Labute approximate surface area is 72.9 Å². The maximum Gasteiger partial charge on any atom is 0.0654 e. The van der Waals surface area contributed by atoms with Crippen molar-refractivity contribution in [3.8, 4) is 0 Å². The summed E-state index contributed by atoms with van der Waals surface area (Å²) in [7, 11) is 1.33. The molecule has 0 aromatic rings. The van der Waals surface area contributed by atoms with Crippen molar-refractivity contribution in [1.82, 2.24) is 0 Å². The molecule has 0 heterocycles. The van der Waals surface area contributed by atoms with E-state index in [2.05, 4.69) is 6.92 Å². The van der Waals surface area contributed by atoms with Gasteiger partial charge in [0.15, 0.2) is 0 Å². The van der Waals surface area contributed by atoms with Crippen molar-refractivity contribution in [3.05, 3.63) is 0 Å². The van der Waals surface area contributed by atoms with Crippen LogP contribution in [-0.4, -0.2) is 22.5 Å². The second-order valence-corrected chi connectivity index (χ2v) is 4.86. The Balaban J connectivity index is 2.13. The quantitative estimate of drug-likeness (QED) is 0.461. The van der Waals surface area contributed by atoms with Crippen molar-refractivity contribution in [3.63, 3.8) is 0 Å². The van der Waals surface area contributed by atoms with Gasteiger partial charge in [-0.15, -0.1) is 0 Å². The fourth-order valence-electron chi connectivity index (χ4n) is 1.73. The van der Waals surface area contributed by atoms with E-state index in [9.17, 15) is 0 Å². The van der Waals surface area contributed by atoms with Crippen LogP contribution in [0.4, 0.5) is 0 Å². The summed E-state index contributed by atoms with van der Waals surface area (Å²) in [4.78, 5) is 0. The van der Waals surface area contributed by atoms with E-state index in [1.807, 2.05) is 0 Å². The second-order valence-electron chi connectivity index (χ2n) is 3.86. The van der Waals surface area contributed by atoms with Gasteiger partial charge in [-0.2, -0.15) is 0 Å². The molecule has 0 aromatic heterocycles. The summed E-state index contributed by atoms with van der Waals surface area (Å²) in [5.41, 5.74) is 0.261. The predicted molar refractivity (Wildman–Crippen MR) is 52.2 cm³/mol. The third kappa shape index (κ3) is 2.95. The van der Waals surface area contributed by atoms with E-state index in [0.29, 0.717) is 0 Å². The third-order valence-corrected chi connectivity index (χ3v) is 3.32. The maximum atomic E-state index is 5.85. The van der Waals surface area contributed by atoms with E-state index < -0.39 is 0 Å². The second kappa shape index (κ2) is 4.26. The minimum atomic E-state index is 0.261. The first kappa shape index (κ1) is 9.27. The summed E-state index contributed by atoms with van der Waals surface area (Å²) in [5.74, 6) is 0. The Bertz CT molecular complexity index is 108. The van der Waals surface area contributed by atoms with Crippen LogP contribution in [0.2, 0.25) is 6.04 Å². The molecule has 0 radical (unpaired) electrons. The van der Waals surface area contributed by atoms with E-state index in [-0.39, 0.29) is 5.60 Å². The topological polar surface area (TPSA) is 9.23 Å². The monoisotopic (exact) mass is 172 g/mol. The van der Waals surface area contributed by atoms with E-state index in [0.717, 1.165) is 6.61 Å². The first-order valence-corrected chi connectivity index (χ1v) is 6.32. The molecule has 0 bridgehead atoms. The molecule has 1 rings (SSSR count). The molecule has 1 aliphatic rings. The standard InChI is InChI=1S/C9H20OSi/c1-9(5-2-3-6-9)10-7-4-8-11/h2-8H2,1,11H3. The Morgan fingerprint density at radius 2 is 2.00 bits per heavy atom. The molecule has 1 fully saturated rings. The van der Waals surface area contributed by atoms with Crippen LogP contribution >= 0.6 is 0 Å².